The lowest BCUT2D eigenvalue weighted by molar-refractivity contribution is -0.147. The van der Waals surface area contributed by atoms with Gasteiger partial charge in [0.25, 0.3) is 6.43 Å². The van der Waals surface area contributed by atoms with Crippen LogP contribution in [-0.2, 0) is 14.2 Å². The van der Waals surface area contributed by atoms with Gasteiger partial charge in [0.1, 0.15) is 6.61 Å². The zero-order valence-electron chi connectivity index (χ0n) is 6.55. The van der Waals surface area contributed by atoms with Crippen LogP contribution in [0.15, 0.2) is 0 Å². The number of halogens is 2. The van der Waals surface area contributed by atoms with Crippen molar-refractivity contribution < 1.29 is 23.0 Å². The normalized spacial score (nSPS) is 11.5. The maximum atomic E-state index is 11.5. The number of ether oxygens (including phenoxy) is 3. The third-order valence-electron chi connectivity index (χ3n) is 1.02. The average molecular weight is 170 g/mol. The molecule has 0 rings (SSSR count). The molecule has 0 unspecified atom stereocenters. The van der Waals surface area contributed by atoms with E-state index in [0.717, 1.165) is 0 Å². The lowest BCUT2D eigenvalue weighted by Gasteiger charge is -2.12. The van der Waals surface area contributed by atoms with Crippen molar-refractivity contribution in [1.82, 2.24) is 0 Å². The molecule has 0 N–H and O–H groups in total. The summed E-state index contributed by atoms with van der Waals surface area (Å²) in [6, 6.07) is 0. The van der Waals surface area contributed by atoms with Gasteiger partial charge in [0, 0.05) is 14.2 Å². The predicted molar refractivity (Wildman–Crippen MR) is 34.6 cm³/mol. The van der Waals surface area contributed by atoms with Crippen LogP contribution in [0.3, 0.4) is 0 Å². The second-order valence-corrected chi connectivity index (χ2v) is 1.83. The molecule has 0 spiro atoms. The fourth-order valence-electron chi connectivity index (χ4n) is 0.486. The Kier molecular flexibility index (Phi) is 6.30. The van der Waals surface area contributed by atoms with E-state index in [4.69, 9.17) is 0 Å². The Morgan fingerprint density at radius 3 is 2.00 bits per heavy atom. The first-order valence-corrected chi connectivity index (χ1v) is 3.12. The van der Waals surface area contributed by atoms with E-state index in [0.29, 0.717) is 0 Å². The summed E-state index contributed by atoms with van der Waals surface area (Å²) in [5, 5.41) is 0. The van der Waals surface area contributed by atoms with Crippen molar-refractivity contribution >= 4 is 0 Å². The Bertz CT molecular complexity index is 85.9. The topological polar surface area (TPSA) is 27.7 Å². The smallest absolute Gasteiger partial charge is 0.261 e. The van der Waals surface area contributed by atoms with Crippen LogP contribution < -0.4 is 0 Å². The van der Waals surface area contributed by atoms with Crippen molar-refractivity contribution in [3.05, 3.63) is 0 Å². The molecule has 68 valence electrons. The summed E-state index contributed by atoms with van der Waals surface area (Å²) >= 11 is 0. The van der Waals surface area contributed by atoms with Gasteiger partial charge in [-0.15, -0.1) is 0 Å². The standard InChI is InChI=1S/C6H12F2O3/c1-9-6(10-2)4-11-3-5(7)8/h5-6H,3-4H2,1-2H3. The molecule has 11 heavy (non-hydrogen) atoms. The van der Waals surface area contributed by atoms with Gasteiger partial charge in [-0.2, -0.15) is 0 Å². The Labute approximate surface area is 64.2 Å². The molecule has 0 fully saturated rings. The van der Waals surface area contributed by atoms with Gasteiger partial charge in [-0.1, -0.05) is 0 Å². The van der Waals surface area contributed by atoms with Gasteiger partial charge in [0.15, 0.2) is 6.29 Å². The summed E-state index contributed by atoms with van der Waals surface area (Å²) in [6.45, 7) is -0.555. The van der Waals surface area contributed by atoms with Gasteiger partial charge >= 0.3 is 0 Å². The van der Waals surface area contributed by atoms with Gasteiger partial charge in [0.2, 0.25) is 0 Å². The summed E-state index contributed by atoms with van der Waals surface area (Å²) in [5.74, 6) is 0. The average Bonchev–Trinajstić information content (AvgIpc) is 1.98. The van der Waals surface area contributed by atoms with E-state index in [1.165, 1.54) is 14.2 Å². The molecule has 0 atom stereocenters. The van der Waals surface area contributed by atoms with E-state index in [1.807, 2.05) is 0 Å². The molecule has 3 nitrogen and oxygen atoms in total. The summed E-state index contributed by atoms with van der Waals surface area (Å²) in [4.78, 5) is 0. The maximum Gasteiger partial charge on any atom is 0.261 e. The van der Waals surface area contributed by atoms with Crippen LogP contribution >= 0.6 is 0 Å². The van der Waals surface area contributed by atoms with E-state index >= 15 is 0 Å². The quantitative estimate of drug-likeness (QED) is 0.554. The zero-order valence-corrected chi connectivity index (χ0v) is 6.55. The van der Waals surface area contributed by atoms with Crippen molar-refractivity contribution in [2.75, 3.05) is 27.4 Å². The van der Waals surface area contributed by atoms with Crippen LogP contribution in [0.4, 0.5) is 8.78 Å². The van der Waals surface area contributed by atoms with E-state index in [1.54, 1.807) is 0 Å². The lowest BCUT2D eigenvalue weighted by Crippen LogP contribution is -2.21. The number of hydrogen-bond acceptors (Lipinski definition) is 3. The van der Waals surface area contributed by atoms with E-state index in [2.05, 4.69) is 14.2 Å². The lowest BCUT2D eigenvalue weighted by atomic mass is 10.6. The molecule has 0 saturated heterocycles. The van der Waals surface area contributed by atoms with Gasteiger partial charge < -0.3 is 14.2 Å². The van der Waals surface area contributed by atoms with E-state index in [9.17, 15) is 8.78 Å². The van der Waals surface area contributed by atoms with Gasteiger partial charge in [-0.05, 0) is 0 Å². The van der Waals surface area contributed by atoms with Crippen LogP contribution in [0.2, 0.25) is 0 Å². The molecule has 0 radical (unpaired) electrons. The molecule has 0 aromatic carbocycles. The fraction of sp³-hybridized carbons (Fsp3) is 1.00. The van der Waals surface area contributed by atoms with Gasteiger partial charge in [-0.25, -0.2) is 8.78 Å². The summed E-state index contributed by atoms with van der Waals surface area (Å²) in [7, 11) is 2.83. The molecular weight excluding hydrogens is 158 g/mol. The molecule has 0 aliphatic rings. The third kappa shape index (κ3) is 6.15. The van der Waals surface area contributed by atoms with Crippen LogP contribution in [0.25, 0.3) is 0 Å². The highest BCUT2D eigenvalue weighted by Gasteiger charge is 2.07. The van der Waals surface area contributed by atoms with Crippen LogP contribution in [-0.4, -0.2) is 40.1 Å². The molecule has 5 heteroatoms. The molecule has 0 saturated carbocycles. The highest BCUT2D eigenvalue weighted by molar-refractivity contribution is 4.39. The summed E-state index contributed by atoms with van der Waals surface area (Å²) in [5.41, 5.74) is 0. The minimum absolute atomic E-state index is 0.0251. The van der Waals surface area contributed by atoms with Gasteiger partial charge in [0.05, 0.1) is 6.61 Å². The Balaban J connectivity index is 3.21. The zero-order chi connectivity index (χ0) is 8.69. The fourth-order valence-corrected chi connectivity index (χ4v) is 0.486. The predicted octanol–water partition coefficient (Wildman–Crippen LogP) is 0.887. The highest BCUT2D eigenvalue weighted by atomic mass is 19.3. The number of hydrogen-bond donors (Lipinski definition) is 0. The van der Waals surface area contributed by atoms with E-state index in [-0.39, 0.29) is 6.61 Å². The third-order valence-corrected chi connectivity index (χ3v) is 1.02. The minimum atomic E-state index is -2.44. The first kappa shape index (κ1) is 10.7. The molecule has 0 aliphatic carbocycles. The maximum absolute atomic E-state index is 11.5. The monoisotopic (exact) mass is 170 g/mol. The van der Waals surface area contributed by atoms with E-state index < -0.39 is 19.3 Å². The highest BCUT2D eigenvalue weighted by Crippen LogP contribution is 1.96. The van der Waals surface area contributed by atoms with Crippen molar-refractivity contribution in [3.63, 3.8) is 0 Å². The molecule has 0 bridgehead atoms. The number of methoxy groups -OCH3 is 2. The Morgan fingerprint density at radius 2 is 1.64 bits per heavy atom. The number of rotatable bonds is 6. The Hall–Kier alpha value is -0.260. The van der Waals surface area contributed by atoms with Crippen LogP contribution in [0.1, 0.15) is 0 Å². The van der Waals surface area contributed by atoms with Gasteiger partial charge in [-0.3, -0.25) is 0 Å². The second-order valence-electron chi connectivity index (χ2n) is 1.83. The molecule has 0 heterocycles. The molecule has 0 aromatic rings. The van der Waals surface area contributed by atoms with Crippen molar-refractivity contribution in [3.8, 4) is 0 Å². The molecule has 0 aromatic heterocycles. The van der Waals surface area contributed by atoms with Crippen molar-refractivity contribution in [2.24, 2.45) is 0 Å². The second kappa shape index (κ2) is 6.45. The minimum Gasteiger partial charge on any atom is -0.370 e. The Morgan fingerprint density at radius 1 is 1.09 bits per heavy atom. The summed E-state index contributed by atoms with van der Waals surface area (Å²) in [6.07, 6.45) is -3.00. The molecule has 0 aliphatic heterocycles. The SMILES string of the molecule is COC(COCC(F)F)OC. The van der Waals surface area contributed by atoms with Crippen molar-refractivity contribution in [2.45, 2.75) is 12.7 Å². The first-order chi connectivity index (χ1) is 5.20. The molecule has 0 amide bonds. The van der Waals surface area contributed by atoms with Crippen LogP contribution in [0, 0.1) is 0 Å². The number of alkyl halides is 2. The summed E-state index contributed by atoms with van der Waals surface area (Å²) < 4.78 is 36.9. The van der Waals surface area contributed by atoms with Crippen molar-refractivity contribution in [1.29, 1.82) is 0 Å². The largest absolute Gasteiger partial charge is 0.370 e. The first-order valence-electron chi connectivity index (χ1n) is 3.12. The van der Waals surface area contributed by atoms with Crippen LogP contribution in [0.5, 0.6) is 0 Å². The molecular formula is C6H12F2O3.